The summed E-state index contributed by atoms with van der Waals surface area (Å²) in [5, 5.41) is 13.9. The number of benzene rings is 3. The number of carbonyl (C=O) groups is 1. The van der Waals surface area contributed by atoms with Crippen LogP contribution in [0.1, 0.15) is 97.1 Å². The van der Waals surface area contributed by atoms with Crippen LogP contribution in [0.2, 0.25) is 0 Å². The smallest absolute Gasteiger partial charge is 0.387 e. The Morgan fingerprint density at radius 1 is 0.985 bits per heavy atom. The van der Waals surface area contributed by atoms with Crippen molar-refractivity contribution >= 4 is 34.9 Å². The molecule has 0 saturated carbocycles. The van der Waals surface area contributed by atoms with Gasteiger partial charge in [0.1, 0.15) is 30.0 Å². The van der Waals surface area contributed by atoms with E-state index >= 15 is 9.18 Å². The van der Waals surface area contributed by atoms with Crippen molar-refractivity contribution in [3.63, 3.8) is 0 Å². The second-order valence-corrected chi connectivity index (χ2v) is 20.9. The van der Waals surface area contributed by atoms with E-state index in [9.17, 15) is 14.2 Å². The lowest BCUT2D eigenvalue weighted by Gasteiger charge is -2.35. The van der Waals surface area contributed by atoms with E-state index in [2.05, 4.69) is 33.7 Å². The molecule has 340 valence electrons. The van der Waals surface area contributed by atoms with Crippen molar-refractivity contribution < 1.29 is 23.0 Å². The van der Waals surface area contributed by atoms with Crippen molar-refractivity contribution in [1.29, 1.82) is 0 Å². The second kappa shape index (κ2) is 17.3. The topological polar surface area (TPSA) is 167 Å². The van der Waals surface area contributed by atoms with Crippen LogP contribution in [0, 0.1) is 19.7 Å². The number of imidazole rings is 1. The Balaban J connectivity index is 1.16. The molecule has 2 atom stereocenters. The number of carbonyl (C=O) groups excluding carboxylic acids is 1. The molecule has 15 nitrogen and oxygen atoms in total. The summed E-state index contributed by atoms with van der Waals surface area (Å²) in [7, 11) is -0.866. The maximum absolute atomic E-state index is 15.3. The number of ether oxygens (including phenoxy) is 1. The van der Waals surface area contributed by atoms with Gasteiger partial charge in [-0.15, -0.1) is 0 Å². The van der Waals surface area contributed by atoms with E-state index in [1.54, 1.807) is 50.0 Å². The summed E-state index contributed by atoms with van der Waals surface area (Å²) in [6, 6.07) is 16.7. The highest BCUT2D eigenvalue weighted by Gasteiger charge is 2.37. The van der Waals surface area contributed by atoms with Crippen LogP contribution in [0.15, 0.2) is 81.1 Å². The van der Waals surface area contributed by atoms with Gasteiger partial charge in [0.05, 0.1) is 24.0 Å². The second-order valence-electron chi connectivity index (χ2n) is 17.4. The largest absolute Gasteiger partial charge is 0.438 e. The van der Waals surface area contributed by atoms with E-state index in [0.717, 1.165) is 29.0 Å². The molecule has 0 aliphatic carbocycles. The van der Waals surface area contributed by atoms with Gasteiger partial charge in [0.2, 0.25) is 0 Å². The molecule has 9 rings (SSSR count). The van der Waals surface area contributed by atoms with Crippen LogP contribution in [0.25, 0.3) is 33.5 Å². The number of aromatic amines is 1. The molecule has 3 aromatic carbocycles. The number of amides is 1. The Labute approximate surface area is 375 Å². The van der Waals surface area contributed by atoms with Crippen LogP contribution in [-0.4, -0.2) is 83.6 Å². The number of hydrogen-bond acceptors (Lipinski definition) is 9. The van der Waals surface area contributed by atoms with Crippen LogP contribution in [0.3, 0.4) is 0 Å². The summed E-state index contributed by atoms with van der Waals surface area (Å²) in [5.74, 6) is -0.752. The Bertz CT molecular complexity index is 3100. The number of aromatic nitrogens is 7. The highest BCUT2D eigenvalue weighted by molar-refractivity contribution is 7.71. The predicted octanol–water partition coefficient (Wildman–Crippen LogP) is 7.86. The highest BCUT2D eigenvalue weighted by Crippen LogP contribution is 2.46. The highest BCUT2D eigenvalue weighted by atomic mass is 31.2. The molecule has 1 unspecified atom stereocenters. The summed E-state index contributed by atoms with van der Waals surface area (Å²) in [6.07, 6.45) is 6.27. The average Bonchev–Trinajstić information content (AvgIpc) is 4.11. The molecule has 2 aliphatic rings. The Kier molecular flexibility index (Phi) is 11.7. The molecule has 2 N–H and O–H groups in total. The molecule has 17 heteroatoms. The van der Waals surface area contributed by atoms with Gasteiger partial charge in [-0.05, 0) is 105 Å². The minimum absolute atomic E-state index is 0.211. The molecular formula is C48H55FN9O6P. The first kappa shape index (κ1) is 44.0. The summed E-state index contributed by atoms with van der Waals surface area (Å²) in [4.78, 5) is 46.5. The number of aryl methyl sites for hydroxylation is 2. The van der Waals surface area contributed by atoms with Gasteiger partial charge in [0.15, 0.2) is 5.82 Å². The molecule has 2 aliphatic heterocycles. The number of fused-ring (bicyclic) bond motifs is 2. The van der Waals surface area contributed by atoms with Crippen molar-refractivity contribution in [3.05, 3.63) is 128 Å². The first-order valence-electron chi connectivity index (χ1n) is 22.4. The lowest BCUT2D eigenvalue weighted by atomic mass is 9.91. The molecule has 65 heavy (non-hydrogen) atoms. The summed E-state index contributed by atoms with van der Waals surface area (Å²) in [5.41, 5.74) is 6.58. The molecule has 4 aromatic heterocycles. The predicted molar refractivity (Wildman–Crippen MR) is 250 cm³/mol. The van der Waals surface area contributed by atoms with E-state index in [0.29, 0.717) is 108 Å². The molecule has 1 amide bonds. The quantitative estimate of drug-likeness (QED) is 0.116. The fraction of sp³-hybridized carbons (Fsp3) is 0.396. The molecule has 0 bridgehead atoms. The normalized spacial score (nSPS) is 16.3. The van der Waals surface area contributed by atoms with Gasteiger partial charge in [-0.25, -0.2) is 14.0 Å². The Hall–Kier alpha value is -6.25. The zero-order chi connectivity index (χ0) is 45.9. The van der Waals surface area contributed by atoms with Crippen LogP contribution >= 0.6 is 7.14 Å². The Morgan fingerprint density at radius 2 is 1.71 bits per heavy atom. The number of rotatable bonds is 12. The van der Waals surface area contributed by atoms with Gasteiger partial charge in [-0.1, -0.05) is 32.0 Å². The summed E-state index contributed by atoms with van der Waals surface area (Å²) in [6.45, 7) is 13.5. The lowest BCUT2D eigenvalue weighted by Crippen LogP contribution is -2.42. The molecule has 1 saturated heterocycles. The minimum Gasteiger partial charge on any atom is -0.387 e. The third-order valence-corrected chi connectivity index (χ3v) is 16.9. The molecule has 0 radical (unpaired) electrons. The van der Waals surface area contributed by atoms with Gasteiger partial charge in [0, 0.05) is 91.4 Å². The molecule has 6 heterocycles. The summed E-state index contributed by atoms with van der Waals surface area (Å²) >= 11 is 0. The minimum atomic E-state index is -2.65. The van der Waals surface area contributed by atoms with E-state index < -0.39 is 18.9 Å². The van der Waals surface area contributed by atoms with Crippen molar-refractivity contribution in [1.82, 2.24) is 38.5 Å². The maximum atomic E-state index is 15.3. The number of halogens is 1. The molecule has 1 fully saturated rings. The van der Waals surface area contributed by atoms with Crippen LogP contribution in [-0.2, 0) is 22.4 Å². The van der Waals surface area contributed by atoms with Crippen LogP contribution < -0.4 is 22.1 Å². The third-order valence-electron chi connectivity index (χ3n) is 13.6. The number of nitrogens with one attached hydrogen (secondary N) is 2. The Morgan fingerprint density at radius 3 is 2.38 bits per heavy atom. The first-order chi connectivity index (χ1) is 31.2. The first-order valence-corrected chi connectivity index (χ1v) is 24.5. The number of anilines is 1. The maximum Gasteiger partial charge on any atom is 0.438 e. The van der Waals surface area contributed by atoms with Crippen LogP contribution in [0.5, 0.6) is 0 Å². The van der Waals surface area contributed by atoms with Gasteiger partial charge in [-0.3, -0.25) is 28.1 Å². The van der Waals surface area contributed by atoms with Crippen molar-refractivity contribution in [3.8, 4) is 22.6 Å². The monoisotopic (exact) mass is 903 g/mol. The molecular weight excluding hydrogens is 849 g/mol. The standard InChI is InChI=1S/C48H55FN9O6P/c1-8-65(62,9-2)40-13-11-36(26-37(40)50-7)55-16-17-56(48(55)61)44-42(35-22-28(3)41(49)29(4)23-35)52-58-19-18-54(31(6)43(44)58)46(59)39-25-34-24-33(32-14-20-63-21-15-32)10-12-38(34)57(39)27-30(5)45-51-47(60)64-53-45/h10-13,16-17,22-26,30-32,50H,8-9,14-15,18-21,27H2,1-7H3,(H,51,53,60)/t30-,31?/m0/s1. The average molecular weight is 904 g/mol. The molecule has 0 spiro atoms. The van der Waals surface area contributed by atoms with Crippen molar-refractivity contribution in [2.45, 2.75) is 85.4 Å². The van der Waals surface area contributed by atoms with Gasteiger partial charge in [0.25, 0.3) is 5.91 Å². The van der Waals surface area contributed by atoms with Gasteiger partial charge < -0.3 is 24.1 Å². The van der Waals surface area contributed by atoms with Gasteiger partial charge in [-0.2, -0.15) is 5.10 Å². The van der Waals surface area contributed by atoms with E-state index in [1.165, 1.54) is 10.1 Å². The number of nitrogens with zero attached hydrogens (tertiary/aromatic N) is 7. The van der Waals surface area contributed by atoms with Crippen molar-refractivity contribution in [2.75, 3.05) is 44.4 Å². The van der Waals surface area contributed by atoms with E-state index in [1.807, 2.05) is 66.1 Å². The molecule has 7 aromatic rings. The van der Waals surface area contributed by atoms with Crippen LogP contribution in [0.4, 0.5) is 10.1 Å². The zero-order valence-electron chi connectivity index (χ0n) is 37.9. The number of H-pyrrole nitrogens is 1. The van der Waals surface area contributed by atoms with E-state index in [-0.39, 0.29) is 23.3 Å². The SMILES string of the molecule is CCP(=O)(CC)c1ccc(-n2ccn(-c3c(-c4cc(C)c(F)c(C)c4)nn4c3C(C)N(C(=O)c3cc5cc(C6CCOCC6)ccc5n3C[C@H](C)c3noc(=O)[nH]3)CC4)c2=O)cc1NC. The third kappa shape index (κ3) is 7.69. The lowest BCUT2D eigenvalue weighted by molar-refractivity contribution is 0.0625. The summed E-state index contributed by atoms with van der Waals surface area (Å²) < 4.78 is 46.4. The number of hydrogen-bond donors (Lipinski definition) is 2. The van der Waals surface area contributed by atoms with E-state index in [4.69, 9.17) is 14.4 Å². The van der Waals surface area contributed by atoms with Gasteiger partial charge >= 0.3 is 11.4 Å². The zero-order valence-corrected chi connectivity index (χ0v) is 38.7. The fourth-order valence-electron chi connectivity index (χ4n) is 9.83. The van der Waals surface area contributed by atoms with Crippen molar-refractivity contribution in [2.24, 2.45) is 0 Å². The fourth-order valence-corrected chi connectivity index (χ4v) is 11.9.